The molecule has 68 valence electrons. The smallest absolute Gasteiger partial charge is 0.178 e. The maximum Gasteiger partial charge on any atom is 0.178 e. The van der Waals surface area contributed by atoms with Gasteiger partial charge in [0.25, 0.3) is 0 Å². The highest BCUT2D eigenvalue weighted by Crippen LogP contribution is 2.27. The standard InChI is InChI=1S/C12H14O/c13-12-8-6-11(7-9-12)10-4-2-1-3-5-10/h6-9H,1-5H2. The van der Waals surface area contributed by atoms with Crippen LogP contribution in [0.4, 0.5) is 0 Å². The summed E-state index contributed by atoms with van der Waals surface area (Å²) < 4.78 is 0. The van der Waals surface area contributed by atoms with Crippen LogP contribution in [0.25, 0.3) is 0 Å². The molecule has 0 bridgehead atoms. The second kappa shape index (κ2) is 3.73. The molecule has 0 aromatic carbocycles. The molecule has 2 aliphatic carbocycles. The summed E-state index contributed by atoms with van der Waals surface area (Å²) in [6.07, 6.45) is 13.7. The van der Waals surface area contributed by atoms with Crippen molar-refractivity contribution in [3.8, 4) is 0 Å². The molecule has 13 heavy (non-hydrogen) atoms. The summed E-state index contributed by atoms with van der Waals surface area (Å²) in [6.45, 7) is 0. The summed E-state index contributed by atoms with van der Waals surface area (Å²) in [7, 11) is 0. The second-order valence-electron chi connectivity index (χ2n) is 3.69. The summed E-state index contributed by atoms with van der Waals surface area (Å²) >= 11 is 0. The first-order valence-electron chi connectivity index (χ1n) is 4.98. The van der Waals surface area contributed by atoms with Crippen molar-refractivity contribution in [1.82, 2.24) is 0 Å². The van der Waals surface area contributed by atoms with Crippen molar-refractivity contribution in [3.05, 3.63) is 35.5 Å². The van der Waals surface area contributed by atoms with E-state index in [2.05, 4.69) is 0 Å². The van der Waals surface area contributed by atoms with E-state index in [1.165, 1.54) is 43.3 Å². The van der Waals surface area contributed by atoms with Crippen LogP contribution in [0.3, 0.4) is 0 Å². The molecule has 0 N–H and O–H groups in total. The van der Waals surface area contributed by atoms with Gasteiger partial charge in [-0.15, -0.1) is 0 Å². The van der Waals surface area contributed by atoms with Gasteiger partial charge in [-0.25, -0.2) is 0 Å². The van der Waals surface area contributed by atoms with Gasteiger partial charge < -0.3 is 0 Å². The molecule has 1 fully saturated rings. The van der Waals surface area contributed by atoms with Gasteiger partial charge in [0.2, 0.25) is 0 Å². The van der Waals surface area contributed by atoms with Crippen molar-refractivity contribution in [1.29, 1.82) is 0 Å². The van der Waals surface area contributed by atoms with E-state index in [0.29, 0.717) is 0 Å². The Labute approximate surface area is 78.8 Å². The number of allylic oxidation sites excluding steroid dienone is 6. The first-order valence-corrected chi connectivity index (χ1v) is 4.98. The molecule has 0 aliphatic heterocycles. The fourth-order valence-corrected chi connectivity index (χ4v) is 1.96. The molecule has 0 spiro atoms. The van der Waals surface area contributed by atoms with E-state index in [-0.39, 0.29) is 5.78 Å². The highest BCUT2D eigenvalue weighted by molar-refractivity contribution is 6.01. The lowest BCUT2D eigenvalue weighted by Gasteiger charge is -2.16. The number of carbonyl (C=O) groups excluding carboxylic acids is 1. The highest BCUT2D eigenvalue weighted by atomic mass is 16.1. The Bertz CT molecular complexity index is 279. The maximum atomic E-state index is 10.9. The molecule has 0 amide bonds. The number of hydrogen-bond acceptors (Lipinski definition) is 1. The summed E-state index contributed by atoms with van der Waals surface area (Å²) in [5.74, 6) is 0.111. The third-order valence-electron chi connectivity index (χ3n) is 2.72. The Hall–Kier alpha value is -1.11. The van der Waals surface area contributed by atoms with Gasteiger partial charge in [-0.1, -0.05) is 24.1 Å². The summed E-state index contributed by atoms with van der Waals surface area (Å²) in [6, 6.07) is 0. The molecule has 0 unspecified atom stereocenters. The number of carbonyl (C=O) groups is 1. The molecule has 0 aromatic heterocycles. The van der Waals surface area contributed by atoms with Crippen molar-refractivity contribution in [2.45, 2.75) is 32.1 Å². The van der Waals surface area contributed by atoms with Crippen LogP contribution in [0.15, 0.2) is 35.5 Å². The van der Waals surface area contributed by atoms with Crippen LogP contribution in [0.1, 0.15) is 32.1 Å². The number of rotatable bonds is 0. The molecule has 1 saturated carbocycles. The van der Waals surface area contributed by atoms with Crippen molar-refractivity contribution < 1.29 is 4.79 Å². The van der Waals surface area contributed by atoms with E-state index in [4.69, 9.17) is 0 Å². The number of ketones is 1. The topological polar surface area (TPSA) is 17.1 Å². The van der Waals surface area contributed by atoms with Gasteiger partial charge in [0.15, 0.2) is 5.78 Å². The van der Waals surface area contributed by atoms with E-state index in [9.17, 15) is 4.79 Å². The molecule has 2 rings (SSSR count). The summed E-state index contributed by atoms with van der Waals surface area (Å²) in [5, 5.41) is 0. The van der Waals surface area contributed by atoms with Crippen molar-refractivity contribution in [2.75, 3.05) is 0 Å². The first kappa shape index (κ1) is 8.49. The van der Waals surface area contributed by atoms with Crippen molar-refractivity contribution >= 4 is 5.78 Å². The fourth-order valence-electron chi connectivity index (χ4n) is 1.96. The largest absolute Gasteiger partial charge is 0.290 e. The first-order chi connectivity index (χ1) is 6.36. The molecule has 1 nitrogen and oxygen atoms in total. The van der Waals surface area contributed by atoms with Gasteiger partial charge in [-0.05, 0) is 43.4 Å². The van der Waals surface area contributed by atoms with Crippen molar-refractivity contribution in [3.63, 3.8) is 0 Å². The minimum Gasteiger partial charge on any atom is -0.290 e. The maximum absolute atomic E-state index is 10.9. The average molecular weight is 174 g/mol. The van der Waals surface area contributed by atoms with Gasteiger partial charge >= 0.3 is 0 Å². The monoisotopic (exact) mass is 174 g/mol. The van der Waals surface area contributed by atoms with Crippen LogP contribution < -0.4 is 0 Å². The quantitative estimate of drug-likeness (QED) is 0.551. The van der Waals surface area contributed by atoms with E-state index in [1.54, 1.807) is 12.2 Å². The predicted octanol–water partition coefficient (Wildman–Crippen LogP) is 2.94. The highest BCUT2D eigenvalue weighted by Gasteiger charge is 2.09. The third-order valence-corrected chi connectivity index (χ3v) is 2.72. The van der Waals surface area contributed by atoms with Crippen LogP contribution in [0, 0.1) is 0 Å². The molecule has 0 heterocycles. The summed E-state index contributed by atoms with van der Waals surface area (Å²) in [5.41, 5.74) is 2.81. The SMILES string of the molecule is O=C1C=CC(=C2CCCCC2)C=C1. The van der Waals surface area contributed by atoms with Gasteiger partial charge in [-0.3, -0.25) is 4.79 Å². The Kier molecular flexibility index (Phi) is 2.44. The second-order valence-corrected chi connectivity index (χ2v) is 3.69. The zero-order valence-electron chi connectivity index (χ0n) is 7.75. The van der Waals surface area contributed by atoms with Gasteiger partial charge in [-0.2, -0.15) is 0 Å². The minimum absolute atomic E-state index is 0.111. The van der Waals surface area contributed by atoms with Gasteiger partial charge in [0, 0.05) is 0 Å². The van der Waals surface area contributed by atoms with Gasteiger partial charge in [0.05, 0.1) is 0 Å². The molecular formula is C12H14O. The average Bonchev–Trinajstić information content (AvgIpc) is 2.20. The molecule has 2 aliphatic rings. The van der Waals surface area contributed by atoms with E-state index in [1.807, 2.05) is 12.2 Å². The van der Waals surface area contributed by atoms with Crippen LogP contribution in [-0.2, 0) is 4.79 Å². The molecule has 0 saturated heterocycles. The Morgan fingerprint density at radius 2 is 1.46 bits per heavy atom. The Morgan fingerprint density at radius 1 is 0.846 bits per heavy atom. The minimum atomic E-state index is 0.111. The molecule has 0 radical (unpaired) electrons. The molecule has 1 heteroatoms. The molecular weight excluding hydrogens is 160 g/mol. The normalized spacial score (nSPS) is 22.6. The van der Waals surface area contributed by atoms with E-state index in [0.717, 1.165) is 0 Å². The van der Waals surface area contributed by atoms with Crippen LogP contribution in [-0.4, -0.2) is 5.78 Å². The lowest BCUT2D eigenvalue weighted by molar-refractivity contribution is -0.110. The van der Waals surface area contributed by atoms with E-state index < -0.39 is 0 Å². The lowest BCUT2D eigenvalue weighted by Crippen LogP contribution is -1.99. The zero-order chi connectivity index (χ0) is 9.10. The van der Waals surface area contributed by atoms with Crippen LogP contribution >= 0.6 is 0 Å². The van der Waals surface area contributed by atoms with Gasteiger partial charge in [0.1, 0.15) is 0 Å². The summed E-state index contributed by atoms with van der Waals surface area (Å²) in [4.78, 5) is 10.9. The van der Waals surface area contributed by atoms with Crippen LogP contribution in [0.5, 0.6) is 0 Å². The third kappa shape index (κ3) is 1.97. The lowest BCUT2D eigenvalue weighted by atomic mass is 9.89. The van der Waals surface area contributed by atoms with Crippen LogP contribution in [0.2, 0.25) is 0 Å². The predicted molar refractivity (Wildman–Crippen MR) is 53.4 cm³/mol. The van der Waals surface area contributed by atoms with E-state index >= 15 is 0 Å². The fraction of sp³-hybridized carbons (Fsp3) is 0.417. The Morgan fingerprint density at radius 3 is 2.08 bits per heavy atom. The molecule has 0 atom stereocenters. The number of hydrogen-bond donors (Lipinski definition) is 0. The zero-order valence-corrected chi connectivity index (χ0v) is 7.75. The molecule has 0 aromatic rings. The Balaban J connectivity index is 2.18. The van der Waals surface area contributed by atoms with Crippen molar-refractivity contribution in [2.24, 2.45) is 0 Å².